The molecule has 1 aromatic heterocycles. The summed E-state index contributed by atoms with van der Waals surface area (Å²) in [6.45, 7) is 0. The molecule has 3 aromatic carbocycles. The summed E-state index contributed by atoms with van der Waals surface area (Å²) >= 11 is 0. The van der Waals surface area contributed by atoms with Crippen LogP contribution < -0.4 is 15.5 Å². The third-order valence-electron chi connectivity index (χ3n) is 4.17. The molecule has 1 N–H and O–H groups in total. The lowest BCUT2D eigenvalue weighted by molar-refractivity contribution is 0.102. The summed E-state index contributed by atoms with van der Waals surface area (Å²) < 4.78 is 11.0. The normalized spacial score (nSPS) is 10.8. The summed E-state index contributed by atoms with van der Waals surface area (Å²) in [5.74, 6) is 0.333. The molecule has 0 aliphatic carbocycles. The van der Waals surface area contributed by atoms with Gasteiger partial charge < -0.3 is 14.5 Å². The van der Waals surface area contributed by atoms with Crippen molar-refractivity contribution in [1.29, 1.82) is 0 Å². The number of carbonyl (C=O) groups is 1. The predicted octanol–water partition coefficient (Wildman–Crippen LogP) is 4.21. The molecule has 5 nitrogen and oxygen atoms in total. The van der Waals surface area contributed by atoms with Gasteiger partial charge in [0.15, 0.2) is 0 Å². The highest BCUT2D eigenvalue weighted by Gasteiger charge is 2.11. The molecule has 5 heteroatoms. The van der Waals surface area contributed by atoms with Crippen LogP contribution in [0.1, 0.15) is 10.4 Å². The van der Waals surface area contributed by atoms with Gasteiger partial charge in [0.1, 0.15) is 16.9 Å². The van der Waals surface area contributed by atoms with Gasteiger partial charge in [-0.1, -0.05) is 18.2 Å². The van der Waals surface area contributed by atoms with Gasteiger partial charge in [-0.15, -0.1) is 0 Å². The van der Waals surface area contributed by atoms with Crippen molar-refractivity contribution in [2.75, 3.05) is 12.4 Å². The number of ether oxygens (including phenoxy) is 1. The van der Waals surface area contributed by atoms with Crippen LogP contribution in [0.2, 0.25) is 0 Å². The van der Waals surface area contributed by atoms with E-state index in [4.69, 9.17) is 9.15 Å². The predicted molar refractivity (Wildman–Crippen MR) is 101 cm³/mol. The molecule has 26 heavy (non-hydrogen) atoms. The van der Waals surface area contributed by atoms with Crippen LogP contribution in [0.3, 0.4) is 0 Å². The average molecular weight is 345 g/mol. The Labute approximate surface area is 148 Å². The molecular formula is C21H15NO4. The minimum Gasteiger partial charge on any atom is -0.497 e. The number of benzene rings is 3. The van der Waals surface area contributed by atoms with Crippen LogP contribution >= 0.6 is 0 Å². The van der Waals surface area contributed by atoms with Crippen molar-refractivity contribution < 1.29 is 13.9 Å². The van der Waals surface area contributed by atoms with Gasteiger partial charge in [-0.25, -0.2) is 0 Å². The van der Waals surface area contributed by atoms with Crippen molar-refractivity contribution in [2.24, 2.45) is 0 Å². The number of methoxy groups -OCH3 is 1. The van der Waals surface area contributed by atoms with E-state index in [9.17, 15) is 9.59 Å². The first kappa shape index (κ1) is 15.9. The summed E-state index contributed by atoms with van der Waals surface area (Å²) in [7, 11) is 1.55. The Balaban J connectivity index is 1.72. The van der Waals surface area contributed by atoms with E-state index < -0.39 is 0 Å². The first-order chi connectivity index (χ1) is 12.7. The number of para-hydroxylation sites is 1. The Kier molecular flexibility index (Phi) is 3.89. The number of nitrogens with one attached hydrogen (secondary N) is 1. The lowest BCUT2D eigenvalue weighted by Crippen LogP contribution is -2.12. The second-order valence-electron chi connectivity index (χ2n) is 5.82. The van der Waals surface area contributed by atoms with Crippen LogP contribution in [0.25, 0.3) is 21.9 Å². The van der Waals surface area contributed by atoms with Gasteiger partial charge in [0.25, 0.3) is 5.91 Å². The Hall–Kier alpha value is -3.60. The molecule has 0 saturated carbocycles. The van der Waals surface area contributed by atoms with Crippen molar-refractivity contribution in [2.45, 2.75) is 0 Å². The molecule has 0 atom stereocenters. The van der Waals surface area contributed by atoms with Gasteiger partial charge in [-0.3, -0.25) is 9.59 Å². The largest absolute Gasteiger partial charge is 0.497 e. The van der Waals surface area contributed by atoms with Gasteiger partial charge in [-0.2, -0.15) is 0 Å². The first-order valence-electron chi connectivity index (χ1n) is 8.07. The van der Waals surface area contributed by atoms with E-state index in [1.807, 2.05) is 6.07 Å². The van der Waals surface area contributed by atoms with Crippen molar-refractivity contribution in [1.82, 2.24) is 0 Å². The summed E-state index contributed by atoms with van der Waals surface area (Å²) in [6, 6.07) is 19.0. The molecular weight excluding hydrogens is 330 g/mol. The van der Waals surface area contributed by atoms with E-state index in [0.717, 1.165) is 0 Å². The summed E-state index contributed by atoms with van der Waals surface area (Å²) in [4.78, 5) is 25.0. The number of amides is 1. The Bertz CT molecular complexity index is 1190. The molecule has 0 bridgehead atoms. The zero-order chi connectivity index (χ0) is 18.1. The highest BCUT2D eigenvalue weighted by molar-refractivity contribution is 6.05. The van der Waals surface area contributed by atoms with Crippen molar-refractivity contribution in [3.8, 4) is 5.75 Å². The van der Waals surface area contributed by atoms with Crippen LogP contribution in [0.15, 0.2) is 75.9 Å². The van der Waals surface area contributed by atoms with E-state index in [2.05, 4.69) is 5.32 Å². The lowest BCUT2D eigenvalue weighted by Gasteiger charge is -2.08. The molecule has 0 radical (unpaired) electrons. The van der Waals surface area contributed by atoms with Crippen LogP contribution in [0, 0.1) is 0 Å². The highest BCUT2D eigenvalue weighted by atomic mass is 16.5. The molecule has 1 heterocycles. The van der Waals surface area contributed by atoms with E-state index >= 15 is 0 Å². The maximum atomic E-state index is 12.6. The fourth-order valence-electron chi connectivity index (χ4n) is 2.85. The number of hydrogen-bond donors (Lipinski definition) is 1. The zero-order valence-electron chi connectivity index (χ0n) is 14.0. The van der Waals surface area contributed by atoms with Crippen LogP contribution in [0.4, 0.5) is 5.69 Å². The minimum atomic E-state index is -0.272. The average Bonchev–Trinajstić information content (AvgIpc) is 2.68. The maximum absolute atomic E-state index is 12.6. The topological polar surface area (TPSA) is 68.5 Å². The van der Waals surface area contributed by atoms with E-state index in [0.29, 0.717) is 38.9 Å². The molecule has 4 rings (SSSR count). The third-order valence-corrected chi connectivity index (χ3v) is 4.17. The number of fused-ring (bicyclic) bond motifs is 2. The van der Waals surface area contributed by atoms with E-state index in [-0.39, 0.29) is 11.3 Å². The minimum absolute atomic E-state index is 0.0903. The maximum Gasteiger partial charge on any atom is 0.255 e. The molecule has 128 valence electrons. The second kappa shape index (κ2) is 6.37. The van der Waals surface area contributed by atoms with Crippen LogP contribution in [-0.4, -0.2) is 13.0 Å². The Morgan fingerprint density at radius 3 is 2.58 bits per heavy atom. The molecule has 1 amide bonds. The van der Waals surface area contributed by atoms with Crippen molar-refractivity contribution >= 4 is 33.5 Å². The van der Waals surface area contributed by atoms with Gasteiger partial charge in [0.05, 0.1) is 17.9 Å². The molecule has 0 saturated heterocycles. The standard InChI is InChI=1S/C21H15NO4/c1-25-15-6-4-5-13(11-15)21(24)22-14-9-10-17-19(12-14)26-18-8-3-2-7-16(18)20(17)23/h2-12H,1H3,(H,22,24). The Morgan fingerprint density at radius 2 is 1.73 bits per heavy atom. The summed E-state index contributed by atoms with van der Waals surface area (Å²) in [6.07, 6.45) is 0. The van der Waals surface area contributed by atoms with E-state index in [1.54, 1.807) is 67.8 Å². The van der Waals surface area contributed by atoms with Crippen molar-refractivity contribution in [3.05, 3.63) is 82.5 Å². The van der Waals surface area contributed by atoms with Crippen LogP contribution in [-0.2, 0) is 0 Å². The molecule has 0 unspecified atom stereocenters. The zero-order valence-corrected chi connectivity index (χ0v) is 14.0. The summed E-state index contributed by atoms with van der Waals surface area (Å²) in [5.41, 5.74) is 1.87. The third kappa shape index (κ3) is 2.80. The second-order valence-corrected chi connectivity index (χ2v) is 5.82. The molecule has 0 spiro atoms. The molecule has 4 aromatic rings. The number of hydrogen-bond acceptors (Lipinski definition) is 4. The van der Waals surface area contributed by atoms with Gasteiger partial charge in [0, 0.05) is 17.3 Å². The summed E-state index contributed by atoms with van der Waals surface area (Å²) in [5, 5.41) is 3.82. The molecule has 0 aliphatic rings. The fraction of sp³-hybridized carbons (Fsp3) is 0.0476. The molecule has 0 aliphatic heterocycles. The lowest BCUT2D eigenvalue weighted by atomic mass is 10.1. The van der Waals surface area contributed by atoms with Crippen molar-refractivity contribution in [3.63, 3.8) is 0 Å². The first-order valence-corrected chi connectivity index (χ1v) is 8.07. The van der Waals surface area contributed by atoms with Crippen LogP contribution in [0.5, 0.6) is 5.75 Å². The highest BCUT2D eigenvalue weighted by Crippen LogP contribution is 2.22. The van der Waals surface area contributed by atoms with E-state index in [1.165, 1.54) is 0 Å². The monoisotopic (exact) mass is 345 g/mol. The number of anilines is 1. The number of carbonyl (C=O) groups excluding carboxylic acids is 1. The smallest absolute Gasteiger partial charge is 0.255 e. The Morgan fingerprint density at radius 1 is 0.923 bits per heavy atom. The van der Waals surface area contributed by atoms with Gasteiger partial charge >= 0.3 is 0 Å². The number of rotatable bonds is 3. The molecule has 0 fully saturated rings. The van der Waals surface area contributed by atoms with Gasteiger partial charge in [0.2, 0.25) is 5.43 Å². The fourth-order valence-corrected chi connectivity index (χ4v) is 2.85. The SMILES string of the molecule is COc1cccc(C(=O)Nc2ccc3c(=O)c4ccccc4oc3c2)c1. The quantitative estimate of drug-likeness (QED) is 0.565. The van der Waals surface area contributed by atoms with Gasteiger partial charge in [-0.05, 0) is 42.5 Å².